The third kappa shape index (κ3) is 5.77. The molecule has 0 saturated carbocycles. The van der Waals surface area contributed by atoms with Crippen molar-refractivity contribution in [2.24, 2.45) is 0 Å². The van der Waals surface area contributed by atoms with Gasteiger partial charge in [-0.3, -0.25) is 14.3 Å². The Balaban J connectivity index is 1.63. The predicted molar refractivity (Wildman–Crippen MR) is 117 cm³/mol. The van der Waals surface area contributed by atoms with E-state index in [1.54, 1.807) is 47.8 Å². The molecule has 0 unspecified atom stereocenters. The number of esters is 1. The molecule has 0 saturated heterocycles. The zero-order valence-electron chi connectivity index (χ0n) is 16.3. The van der Waals surface area contributed by atoms with E-state index >= 15 is 0 Å². The molecule has 160 valence electrons. The lowest BCUT2D eigenvalue weighted by Crippen LogP contribution is -2.22. The molecule has 8 nitrogen and oxygen atoms in total. The first kappa shape index (κ1) is 22.2. The molecular weight excluding hydrogens is 440 g/mol. The summed E-state index contributed by atoms with van der Waals surface area (Å²) in [5.74, 6) is -1.53. The molecule has 0 aliphatic heterocycles. The second-order valence-corrected chi connectivity index (χ2v) is 9.20. The highest BCUT2D eigenvalue weighted by Crippen LogP contribution is 2.23. The fourth-order valence-corrected chi connectivity index (χ4v) is 4.63. The first-order valence-corrected chi connectivity index (χ1v) is 11.4. The predicted octanol–water partition coefficient (Wildman–Crippen LogP) is 3.55. The van der Waals surface area contributed by atoms with Crippen LogP contribution in [0.5, 0.6) is 0 Å². The summed E-state index contributed by atoms with van der Waals surface area (Å²) in [7, 11) is -3.85. The van der Waals surface area contributed by atoms with E-state index in [1.807, 2.05) is 0 Å². The minimum Gasteiger partial charge on any atom is -0.452 e. The van der Waals surface area contributed by atoms with Crippen LogP contribution in [-0.2, 0) is 19.6 Å². The average molecular weight is 459 g/mol. The minimum absolute atomic E-state index is 0.0266. The van der Waals surface area contributed by atoms with Crippen LogP contribution in [0.1, 0.15) is 27.6 Å². The molecule has 2 aromatic carbocycles. The largest absolute Gasteiger partial charge is 0.452 e. The van der Waals surface area contributed by atoms with Crippen LogP contribution in [0.3, 0.4) is 0 Å². The van der Waals surface area contributed by atoms with Gasteiger partial charge in [-0.05, 0) is 54.8 Å². The number of amides is 1. The summed E-state index contributed by atoms with van der Waals surface area (Å²) < 4.78 is 32.4. The van der Waals surface area contributed by atoms with Gasteiger partial charge in [-0.1, -0.05) is 18.2 Å². The number of Topliss-reactive ketones (excluding diaryl/α,β-unsaturated/α-hetero) is 1. The Morgan fingerprint density at radius 2 is 1.68 bits per heavy atom. The lowest BCUT2D eigenvalue weighted by molar-refractivity contribution is -0.119. The third-order valence-electron chi connectivity index (χ3n) is 4.06. The second kappa shape index (κ2) is 9.54. The molecule has 0 fully saturated rings. The maximum absolute atomic E-state index is 12.4. The number of thiophene rings is 1. The number of ether oxygens (including phenoxy) is 1. The molecule has 1 aromatic heterocycles. The number of carbonyl (C=O) groups is 3. The average Bonchev–Trinajstić information content (AvgIpc) is 3.28. The molecule has 3 rings (SSSR count). The summed E-state index contributed by atoms with van der Waals surface area (Å²) in [5, 5.41) is 4.17. The third-order valence-corrected chi connectivity index (χ3v) is 6.82. The van der Waals surface area contributed by atoms with Gasteiger partial charge in [0.25, 0.3) is 15.9 Å². The van der Waals surface area contributed by atoms with Gasteiger partial charge in [0.15, 0.2) is 12.4 Å². The lowest BCUT2D eigenvalue weighted by Gasteiger charge is -2.12. The van der Waals surface area contributed by atoms with Gasteiger partial charge >= 0.3 is 5.97 Å². The van der Waals surface area contributed by atoms with Crippen LogP contribution in [0.2, 0.25) is 0 Å². The standard InChI is InChI=1S/C21H18N2O6S2/c1-14(24)15-8-10-16(11-9-15)22-19(25)13-29-21(26)17-5-2-3-6-18(17)23-31(27,28)20-7-4-12-30-20/h2-12,23H,13H2,1H3,(H,22,25). The fourth-order valence-electron chi connectivity index (χ4n) is 2.56. The number of nitrogens with one attached hydrogen (secondary N) is 2. The van der Waals surface area contributed by atoms with E-state index in [-0.39, 0.29) is 21.2 Å². The first-order chi connectivity index (χ1) is 14.8. The van der Waals surface area contributed by atoms with Gasteiger partial charge in [0.1, 0.15) is 4.21 Å². The molecule has 0 spiro atoms. The summed E-state index contributed by atoms with van der Waals surface area (Å²) in [6, 6.07) is 15.3. The molecule has 3 aromatic rings. The van der Waals surface area contributed by atoms with Crippen molar-refractivity contribution in [1.29, 1.82) is 0 Å². The Bertz CT molecular complexity index is 1200. The number of para-hydroxylation sites is 1. The van der Waals surface area contributed by atoms with Crippen molar-refractivity contribution in [1.82, 2.24) is 0 Å². The van der Waals surface area contributed by atoms with E-state index in [0.717, 1.165) is 11.3 Å². The van der Waals surface area contributed by atoms with Crippen LogP contribution < -0.4 is 10.0 Å². The Labute approximate surface area is 182 Å². The van der Waals surface area contributed by atoms with Crippen LogP contribution in [0.25, 0.3) is 0 Å². The molecule has 0 atom stereocenters. The van der Waals surface area contributed by atoms with Crippen molar-refractivity contribution in [2.75, 3.05) is 16.6 Å². The Morgan fingerprint density at radius 3 is 2.32 bits per heavy atom. The zero-order chi connectivity index (χ0) is 22.4. The highest BCUT2D eigenvalue weighted by molar-refractivity contribution is 7.94. The van der Waals surface area contributed by atoms with Crippen molar-refractivity contribution in [3.05, 3.63) is 77.2 Å². The van der Waals surface area contributed by atoms with Crippen molar-refractivity contribution >= 4 is 50.4 Å². The Kier molecular flexibility index (Phi) is 6.83. The summed E-state index contributed by atoms with van der Waals surface area (Å²) in [6.07, 6.45) is 0. The Hall–Kier alpha value is -3.50. The van der Waals surface area contributed by atoms with Crippen LogP contribution in [-0.4, -0.2) is 32.7 Å². The quantitative estimate of drug-likeness (QED) is 0.394. The number of hydrogen-bond acceptors (Lipinski definition) is 7. The molecule has 2 N–H and O–H groups in total. The number of benzene rings is 2. The van der Waals surface area contributed by atoms with Crippen LogP contribution in [0.15, 0.2) is 70.3 Å². The SMILES string of the molecule is CC(=O)c1ccc(NC(=O)COC(=O)c2ccccc2NS(=O)(=O)c2cccs2)cc1. The molecule has 0 bridgehead atoms. The molecule has 0 radical (unpaired) electrons. The van der Waals surface area contributed by atoms with Gasteiger partial charge in [-0.25, -0.2) is 13.2 Å². The van der Waals surface area contributed by atoms with Gasteiger partial charge in [-0.15, -0.1) is 11.3 Å². The smallest absolute Gasteiger partial charge is 0.340 e. The minimum atomic E-state index is -3.85. The first-order valence-electron chi connectivity index (χ1n) is 8.99. The number of anilines is 2. The van der Waals surface area contributed by atoms with E-state index in [4.69, 9.17) is 4.74 Å². The maximum Gasteiger partial charge on any atom is 0.340 e. The summed E-state index contributed by atoms with van der Waals surface area (Å²) in [4.78, 5) is 35.8. The van der Waals surface area contributed by atoms with Crippen molar-refractivity contribution < 1.29 is 27.5 Å². The van der Waals surface area contributed by atoms with E-state index in [9.17, 15) is 22.8 Å². The summed E-state index contributed by atoms with van der Waals surface area (Å²) in [6.45, 7) is 0.866. The molecule has 0 aliphatic carbocycles. The molecule has 1 heterocycles. The zero-order valence-corrected chi connectivity index (χ0v) is 18.0. The number of rotatable bonds is 8. The molecule has 1 amide bonds. The van der Waals surface area contributed by atoms with Crippen molar-refractivity contribution in [2.45, 2.75) is 11.1 Å². The van der Waals surface area contributed by atoms with Gasteiger partial charge in [0.05, 0.1) is 11.3 Å². The molecule has 10 heteroatoms. The van der Waals surface area contributed by atoms with Gasteiger partial charge in [0.2, 0.25) is 0 Å². The van der Waals surface area contributed by atoms with Gasteiger partial charge in [0, 0.05) is 11.3 Å². The van der Waals surface area contributed by atoms with Crippen molar-refractivity contribution in [3.8, 4) is 0 Å². The number of ketones is 1. The summed E-state index contributed by atoms with van der Waals surface area (Å²) in [5.41, 5.74) is 0.962. The van der Waals surface area contributed by atoms with Gasteiger partial charge in [-0.2, -0.15) is 0 Å². The van der Waals surface area contributed by atoms with E-state index < -0.39 is 28.5 Å². The monoisotopic (exact) mass is 458 g/mol. The van der Waals surface area contributed by atoms with Crippen LogP contribution >= 0.6 is 11.3 Å². The fraction of sp³-hybridized carbons (Fsp3) is 0.0952. The van der Waals surface area contributed by atoms with Crippen LogP contribution in [0, 0.1) is 0 Å². The van der Waals surface area contributed by atoms with Crippen LogP contribution in [0.4, 0.5) is 11.4 Å². The number of hydrogen-bond donors (Lipinski definition) is 2. The van der Waals surface area contributed by atoms with E-state index in [0.29, 0.717) is 11.3 Å². The molecule has 0 aliphatic rings. The second-order valence-electron chi connectivity index (χ2n) is 6.34. The maximum atomic E-state index is 12.4. The highest BCUT2D eigenvalue weighted by Gasteiger charge is 2.20. The lowest BCUT2D eigenvalue weighted by atomic mass is 10.1. The van der Waals surface area contributed by atoms with Crippen molar-refractivity contribution in [3.63, 3.8) is 0 Å². The molecule has 31 heavy (non-hydrogen) atoms. The normalized spacial score (nSPS) is 10.9. The molecular formula is C21H18N2O6S2. The highest BCUT2D eigenvalue weighted by atomic mass is 32.2. The van der Waals surface area contributed by atoms with E-state index in [1.165, 1.54) is 25.1 Å². The summed E-state index contributed by atoms with van der Waals surface area (Å²) >= 11 is 1.04. The number of sulfonamides is 1. The van der Waals surface area contributed by atoms with Gasteiger partial charge < -0.3 is 10.1 Å². The van der Waals surface area contributed by atoms with E-state index in [2.05, 4.69) is 10.0 Å². The Morgan fingerprint density at radius 1 is 0.968 bits per heavy atom. The number of carbonyl (C=O) groups excluding carboxylic acids is 3. The topological polar surface area (TPSA) is 119 Å².